The van der Waals surface area contributed by atoms with Crippen LogP contribution in [0.4, 0.5) is 11.5 Å². The van der Waals surface area contributed by atoms with Gasteiger partial charge in [0.1, 0.15) is 5.82 Å². The van der Waals surface area contributed by atoms with Crippen molar-refractivity contribution in [3.63, 3.8) is 0 Å². The monoisotopic (exact) mass is 367 g/mol. The molecule has 0 atom stereocenters. The van der Waals surface area contributed by atoms with Crippen molar-refractivity contribution in [1.29, 1.82) is 0 Å². The van der Waals surface area contributed by atoms with Crippen molar-refractivity contribution in [3.05, 3.63) is 53.7 Å². The zero-order valence-electron chi connectivity index (χ0n) is 14.9. The van der Waals surface area contributed by atoms with Crippen LogP contribution in [0.2, 0.25) is 0 Å². The van der Waals surface area contributed by atoms with E-state index < -0.39 is 5.97 Å². The third-order valence-corrected chi connectivity index (χ3v) is 5.33. The molecule has 2 aliphatic rings. The maximum Gasteiger partial charge on any atom is 0.335 e. The highest BCUT2D eigenvalue weighted by Gasteiger charge is 2.45. The summed E-state index contributed by atoms with van der Waals surface area (Å²) in [7, 11) is 0. The van der Waals surface area contributed by atoms with Crippen molar-refractivity contribution in [2.75, 3.05) is 36.5 Å². The Labute approximate surface area is 157 Å². The van der Waals surface area contributed by atoms with Gasteiger partial charge in [-0.25, -0.2) is 9.78 Å². The molecule has 2 N–H and O–H groups in total. The number of nitrogens with zero attached hydrogens (tertiary/aromatic N) is 2. The lowest BCUT2D eigenvalue weighted by atomic mass is 9.73. The van der Waals surface area contributed by atoms with Gasteiger partial charge in [-0.3, -0.25) is 4.79 Å². The number of benzene rings is 1. The largest absolute Gasteiger partial charge is 0.478 e. The maximum absolute atomic E-state index is 12.8. The molecule has 2 fully saturated rings. The average Bonchev–Trinajstić information content (AvgIpc) is 2.67. The van der Waals surface area contributed by atoms with Crippen LogP contribution >= 0.6 is 0 Å². The van der Waals surface area contributed by atoms with Gasteiger partial charge in [0.05, 0.1) is 11.1 Å². The molecule has 0 unspecified atom stereocenters. The first-order valence-electron chi connectivity index (χ1n) is 8.99. The lowest BCUT2D eigenvalue weighted by Crippen LogP contribution is -2.59. The van der Waals surface area contributed by atoms with Crippen molar-refractivity contribution < 1.29 is 19.4 Å². The Bertz CT molecular complexity index is 852. The number of hydrogen-bond donors (Lipinski definition) is 2. The van der Waals surface area contributed by atoms with Crippen LogP contribution in [-0.4, -0.2) is 48.3 Å². The van der Waals surface area contributed by atoms with E-state index in [-0.39, 0.29) is 16.9 Å². The second-order valence-electron chi connectivity index (χ2n) is 7.18. The normalized spacial score (nSPS) is 18.0. The molecule has 0 saturated carbocycles. The number of carboxylic acids is 1. The van der Waals surface area contributed by atoms with Crippen LogP contribution in [-0.2, 0) is 4.74 Å². The highest BCUT2D eigenvalue weighted by Crippen LogP contribution is 2.42. The molecule has 4 rings (SSSR count). The number of rotatable bonds is 4. The Kier molecular flexibility index (Phi) is 4.53. The van der Waals surface area contributed by atoms with Crippen LogP contribution in [0.1, 0.15) is 33.6 Å². The van der Waals surface area contributed by atoms with E-state index in [4.69, 9.17) is 9.84 Å². The predicted molar refractivity (Wildman–Crippen MR) is 100 cm³/mol. The molecule has 1 aromatic carbocycles. The van der Waals surface area contributed by atoms with Gasteiger partial charge in [-0.15, -0.1) is 0 Å². The van der Waals surface area contributed by atoms with Crippen molar-refractivity contribution in [1.82, 2.24) is 4.98 Å². The fraction of sp³-hybridized carbons (Fsp3) is 0.350. The fourth-order valence-corrected chi connectivity index (χ4v) is 3.75. The zero-order valence-corrected chi connectivity index (χ0v) is 14.9. The summed E-state index contributed by atoms with van der Waals surface area (Å²) in [5.41, 5.74) is 1.53. The fourth-order valence-electron chi connectivity index (χ4n) is 3.75. The van der Waals surface area contributed by atoms with Crippen molar-refractivity contribution >= 4 is 23.4 Å². The number of aromatic nitrogens is 1. The molecule has 3 heterocycles. The number of carbonyl (C=O) groups excluding carboxylic acids is 1. The first-order chi connectivity index (χ1) is 13.1. The molecule has 2 aliphatic heterocycles. The molecule has 140 valence electrons. The number of nitrogens with one attached hydrogen (secondary N) is 1. The molecule has 2 saturated heterocycles. The molecule has 0 bridgehead atoms. The highest BCUT2D eigenvalue weighted by molar-refractivity contribution is 6.07. The van der Waals surface area contributed by atoms with Crippen LogP contribution in [0, 0.1) is 5.41 Å². The quantitative estimate of drug-likeness (QED) is 0.863. The molecular formula is C20H21N3O4. The molecule has 7 heteroatoms. The van der Waals surface area contributed by atoms with E-state index in [1.165, 1.54) is 12.1 Å². The Hall–Kier alpha value is -2.93. The first kappa shape index (κ1) is 17.5. The van der Waals surface area contributed by atoms with E-state index in [0.29, 0.717) is 17.1 Å². The molecule has 7 nitrogen and oxygen atoms in total. The number of carbonyl (C=O) groups is 2. The highest BCUT2D eigenvalue weighted by atomic mass is 16.5. The average molecular weight is 367 g/mol. The Morgan fingerprint density at radius 3 is 2.48 bits per heavy atom. The van der Waals surface area contributed by atoms with E-state index >= 15 is 0 Å². The molecule has 0 aliphatic carbocycles. The lowest BCUT2D eigenvalue weighted by Gasteiger charge is -2.53. The van der Waals surface area contributed by atoms with Gasteiger partial charge in [0, 0.05) is 43.6 Å². The van der Waals surface area contributed by atoms with Gasteiger partial charge in [0.15, 0.2) is 0 Å². The summed E-state index contributed by atoms with van der Waals surface area (Å²) in [5.74, 6) is -0.564. The van der Waals surface area contributed by atoms with Crippen LogP contribution in [0.5, 0.6) is 0 Å². The summed E-state index contributed by atoms with van der Waals surface area (Å²) >= 11 is 0. The Morgan fingerprint density at radius 1 is 1.11 bits per heavy atom. The van der Waals surface area contributed by atoms with Gasteiger partial charge in [-0.05, 0) is 49.2 Å². The van der Waals surface area contributed by atoms with E-state index in [1.54, 1.807) is 30.5 Å². The molecule has 1 amide bonds. The van der Waals surface area contributed by atoms with Gasteiger partial charge in [-0.2, -0.15) is 0 Å². The Balaban J connectivity index is 1.47. The summed E-state index contributed by atoms with van der Waals surface area (Å²) in [6.07, 6.45) is 3.80. The van der Waals surface area contributed by atoms with Gasteiger partial charge >= 0.3 is 5.97 Å². The van der Waals surface area contributed by atoms with Crippen LogP contribution in [0.15, 0.2) is 42.6 Å². The van der Waals surface area contributed by atoms with Crippen molar-refractivity contribution in [3.8, 4) is 0 Å². The zero-order chi connectivity index (χ0) is 18.9. The maximum atomic E-state index is 12.8. The smallest absolute Gasteiger partial charge is 0.335 e. The number of pyridine rings is 1. The second kappa shape index (κ2) is 7.00. The SMILES string of the molecule is O=C(O)c1ccc(NC(=O)c2cccnc2N2CC3(CCOCC3)C2)cc1. The van der Waals surface area contributed by atoms with Crippen LogP contribution < -0.4 is 10.2 Å². The molecule has 0 radical (unpaired) electrons. The topological polar surface area (TPSA) is 91.8 Å². The molecular weight excluding hydrogens is 346 g/mol. The number of hydrogen-bond acceptors (Lipinski definition) is 5. The minimum atomic E-state index is -0.998. The van der Waals surface area contributed by atoms with Gasteiger partial charge < -0.3 is 20.1 Å². The summed E-state index contributed by atoms with van der Waals surface area (Å²) in [5, 5.41) is 11.8. The minimum Gasteiger partial charge on any atom is -0.478 e. The number of amides is 1. The van der Waals surface area contributed by atoms with E-state index in [2.05, 4.69) is 15.2 Å². The van der Waals surface area contributed by atoms with Crippen LogP contribution in [0.3, 0.4) is 0 Å². The summed E-state index contributed by atoms with van der Waals surface area (Å²) in [6.45, 7) is 3.38. The number of anilines is 2. The number of ether oxygens (including phenoxy) is 1. The standard InChI is InChI=1S/C20H21N3O4/c24-18(22-15-5-3-14(4-6-15)19(25)26)16-2-1-9-21-17(16)23-12-20(13-23)7-10-27-11-8-20/h1-6,9H,7-8,10-13H2,(H,22,24)(H,25,26). The van der Waals surface area contributed by atoms with Gasteiger partial charge in [-0.1, -0.05) is 0 Å². The first-order valence-corrected chi connectivity index (χ1v) is 8.99. The summed E-state index contributed by atoms with van der Waals surface area (Å²) in [6, 6.07) is 9.60. The van der Waals surface area contributed by atoms with Crippen LogP contribution in [0.25, 0.3) is 0 Å². The third kappa shape index (κ3) is 3.50. The molecule has 1 spiro atoms. The molecule has 2 aromatic rings. The number of carboxylic acid groups (broad SMARTS) is 1. The van der Waals surface area contributed by atoms with E-state index in [9.17, 15) is 9.59 Å². The Morgan fingerprint density at radius 2 is 1.81 bits per heavy atom. The summed E-state index contributed by atoms with van der Waals surface area (Å²) in [4.78, 5) is 30.3. The third-order valence-electron chi connectivity index (χ3n) is 5.33. The molecule has 1 aromatic heterocycles. The van der Waals surface area contributed by atoms with Crippen molar-refractivity contribution in [2.24, 2.45) is 5.41 Å². The minimum absolute atomic E-state index is 0.178. The van der Waals surface area contributed by atoms with Gasteiger partial charge in [0.2, 0.25) is 0 Å². The predicted octanol–water partition coefficient (Wildman–Crippen LogP) is 2.65. The van der Waals surface area contributed by atoms with Crippen molar-refractivity contribution in [2.45, 2.75) is 12.8 Å². The summed E-state index contributed by atoms with van der Waals surface area (Å²) < 4.78 is 5.46. The molecule has 27 heavy (non-hydrogen) atoms. The van der Waals surface area contributed by atoms with Gasteiger partial charge in [0.25, 0.3) is 5.91 Å². The van der Waals surface area contributed by atoms with E-state index in [0.717, 1.165) is 39.1 Å². The van der Waals surface area contributed by atoms with E-state index in [1.807, 2.05) is 0 Å². The lowest BCUT2D eigenvalue weighted by molar-refractivity contribution is -0.000509. The number of aromatic carboxylic acids is 1. The second-order valence-corrected chi connectivity index (χ2v) is 7.18.